The molecule has 0 unspecified atom stereocenters. The molecule has 138 valence electrons. The molecular formula is C22H22N2O3. The predicted octanol–water partition coefficient (Wildman–Crippen LogP) is 3.97. The maximum atomic E-state index is 12.1. The Morgan fingerprint density at radius 3 is 2.48 bits per heavy atom. The van der Waals surface area contributed by atoms with Gasteiger partial charge in [-0.15, -0.1) is 0 Å². The molecule has 1 N–H and O–H groups in total. The lowest BCUT2D eigenvalue weighted by molar-refractivity contribution is -0.121. The number of carbonyl (C=O) groups excluding carboxylic acids is 2. The molecule has 2 aromatic carbocycles. The molecule has 1 aromatic heterocycles. The summed E-state index contributed by atoms with van der Waals surface area (Å²) in [4.78, 5) is 24.0. The predicted molar refractivity (Wildman–Crippen MR) is 103 cm³/mol. The molecule has 1 amide bonds. The Morgan fingerprint density at radius 2 is 1.74 bits per heavy atom. The van der Waals surface area contributed by atoms with Crippen LogP contribution in [0, 0.1) is 6.92 Å². The first-order valence-electron chi connectivity index (χ1n) is 8.99. The molecule has 0 aliphatic rings. The Balaban J connectivity index is 1.40. The number of ketones is 1. The fourth-order valence-electron chi connectivity index (χ4n) is 2.70. The molecule has 5 heteroatoms. The number of amides is 1. The minimum Gasteiger partial charge on any atom is -0.356 e. The Hall–Kier alpha value is -3.21. The van der Waals surface area contributed by atoms with Gasteiger partial charge < -0.3 is 9.84 Å². The summed E-state index contributed by atoms with van der Waals surface area (Å²) in [5, 5.41) is 6.85. The molecule has 0 aliphatic carbocycles. The highest BCUT2D eigenvalue weighted by atomic mass is 16.5. The Kier molecular flexibility index (Phi) is 6.15. The number of hydrogen-bond acceptors (Lipinski definition) is 4. The molecule has 0 saturated carbocycles. The third-order valence-corrected chi connectivity index (χ3v) is 4.27. The van der Waals surface area contributed by atoms with E-state index in [1.807, 2.05) is 55.5 Å². The largest absolute Gasteiger partial charge is 0.356 e. The summed E-state index contributed by atoms with van der Waals surface area (Å²) in [5.74, 6) is 0.553. The van der Waals surface area contributed by atoms with E-state index in [2.05, 4.69) is 10.5 Å². The lowest BCUT2D eigenvalue weighted by Gasteiger charge is -2.04. The van der Waals surface area contributed by atoms with Crippen molar-refractivity contribution in [2.45, 2.75) is 26.2 Å². The first kappa shape index (κ1) is 18.6. The minimum atomic E-state index is -0.137. The van der Waals surface area contributed by atoms with Crippen molar-refractivity contribution in [2.75, 3.05) is 6.54 Å². The minimum absolute atomic E-state index is 0.0193. The van der Waals surface area contributed by atoms with Crippen LogP contribution < -0.4 is 5.32 Å². The number of Topliss-reactive ketones (excluding diaryl/α,β-unsaturated/α-hetero) is 1. The molecule has 27 heavy (non-hydrogen) atoms. The second-order valence-corrected chi connectivity index (χ2v) is 6.44. The van der Waals surface area contributed by atoms with Crippen LogP contribution in [0.1, 0.15) is 34.5 Å². The molecule has 0 bridgehead atoms. The number of aromatic nitrogens is 1. The molecular weight excluding hydrogens is 340 g/mol. The number of aryl methyl sites for hydroxylation is 1. The van der Waals surface area contributed by atoms with E-state index in [-0.39, 0.29) is 24.5 Å². The van der Waals surface area contributed by atoms with Crippen LogP contribution in [0.15, 0.2) is 65.2 Å². The van der Waals surface area contributed by atoms with Crippen LogP contribution in [0.5, 0.6) is 0 Å². The van der Waals surface area contributed by atoms with Gasteiger partial charge in [-0.3, -0.25) is 9.59 Å². The van der Waals surface area contributed by atoms with Crippen molar-refractivity contribution in [3.05, 3.63) is 77.5 Å². The quantitative estimate of drug-likeness (QED) is 0.616. The number of benzene rings is 2. The number of nitrogens with zero attached hydrogens (tertiary/aromatic N) is 1. The lowest BCUT2D eigenvalue weighted by atomic mass is 10.0. The van der Waals surface area contributed by atoms with Gasteiger partial charge >= 0.3 is 0 Å². The van der Waals surface area contributed by atoms with Crippen LogP contribution >= 0.6 is 0 Å². The van der Waals surface area contributed by atoms with Crippen molar-refractivity contribution in [1.82, 2.24) is 10.5 Å². The topological polar surface area (TPSA) is 72.2 Å². The van der Waals surface area contributed by atoms with Crippen molar-refractivity contribution >= 4 is 11.7 Å². The molecule has 3 rings (SSSR count). The highest BCUT2D eigenvalue weighted by Gasteiger charge is 2.10. The highest BCUT2D eigenvalue weighted by Crippen LogP contribution is 2.19. The molecule has 1 heterocycles. The molecule has 0 radical (unpaired) electrons. The summed E-state index contributed by atoms with van der Waals surface area (Å²) in [6.45, 7) is 2.43. The lowest BCUT2D eigenvalue weighted by Crippen LogP contribution is -2.26. The zero-order valence-corrected chi connectivity index (χ0v) is 15.3. The van der Waals surface area contributed by atoms with Crippen LogP contribution in [0.3, 0.4) is 0 Å². The van der Waals surface area contributed by atoms with Crippen LogP contribution in [0.4, 0.5) is 0 Å². The van der Waals surface area contributed by atoms with Gasteiger partial charge in [0.1, 0.15) is 0 Å². The van der Waals surface area contributed by atoms with Gasteiger partial charge in [0, 0.05) is 43.0 Å². The SMILES string of the molecule is Cc1ccc(C(=O)CCC(=O)NCCc2cc(-c3ccccc3)on2)cc1. The molecule has 0 aliphatic heterocycles. The maximum absolute atomic E-state index is 12.1. The van der Waals surface area contributed by atoms with Crippen molar-refractivity contribution in [3.8, 4) is 11.3 Å². The van der Waals surface area contributed by atoms with Gasteiger partial charge in [-0.25, -0.2) is 0 Å². The second-order valence-electron chi connectivity index (χ2n) is 6.44. The molecule has 0 spiro atoms. The van der Waals surface area contributed by atoms with Gasteiger partial charge in [0.2, 0.25) is 5.91 Å². The Labute approximate surface area is 158 Å². The van der Waals surface area contributed by atoms with E-state index in [4.69, 9.17) is 4.52 Å². The van der Waals surface area contributed by atoms with Gasteiger partial charge in [0.05, 0.1) is 5.69 Å². The average molecular weight is 362 g/mol. The summed E-state index contributed by atoms with van der Waals surface area (Å²) in [6.07, 6.45) is 0.964. The van der Waals surface area contributed by atoms with E-state index in [0.717, 1.165) is 16.8 Å². The monoisotopic (exact) mass is 362 g/mol. The number of nitrogens with one attached hydrogen (secondary N) is 1. The average Bonchev–Trinajstić information content (AvgIpc) is 3.16. The summed E-state index contributed by atoms with van der Waals surface area (Å²) < 4.78 is 5.34. The van der Waals surface area contributed by atoms with Gasteiger partial charge in [-0.2, -0.15) is 0 Å². The fourth-order valence-corrected chi connectivity index (χ4v) is 2.70. The van der Waals surface area contributed by atoms with Crippen LogP contribution in [0.25, 0.3) is 11.3 Å². The highest BCUT2D eigenvalue weighted by molar-refractivity contribution is 5.97. The van der Waals surface area contributed by atoms with Crippen molar-refractivity contribution in [1.29, 1.82) is 0 Å². The number of carbonyl (C=O) groups is 2. The van der Waals surface area contributed by atoms with Crippen LogP contribution in [0.2, 0.25) is 0 Å². The van der Waals surface area contributed by atoms with Crippen LogP contribution in [-0.4, -0.2) is 23.4 Å². The van der Waals surface area contributed by atoms with E-state index in [9.17, 15) is 9.59 Å². The van der Waals surface area contributed by atoms with E-state index in [1.54, 1.807) is 12.1 Å². The maximum Gasteiger partial charge on any atom is 0.220 e. The van der Waals surface area contributed by atoms with Crippen molar-refractivity contribution in [2.24, 2.45) is 0 Å². The van der Waals surface area contributed by atoms with Crippen LogP contribution in [-0.2, 0) is 11.2 Å². The molecule has 5 nitrogen and oxygen atoms in total. The van der Waals surface area contributed by atoms with Gasteiger partial charge in [0.25, 0.3) is 0 Å². The third kappa shape index (κ3) is 5.38. The van der Waals surface area contributed by atoms with E-state index < -0.39 is 0 Å². The summed E-state index contributed by atoms with van der Waals surface area (Å²) in [7, 11) is 0. The third-order valence-electron chi connectivity index (χ3n) is 4.27. The number of rotatable bonds is 8. The molecule has 3 aromatic rings. The Morgan fingerprint density at radius 1 is 1.00 bits per heavy atom. The first-order chi connectivity index (χ1) is 13.1. The first-order valence-corrected chi connectivity index (χ1v) is 8.99. The molecule has 0 atom stereocenters. The fraction of sp³-hybridized carbons (Fsp3) is 0.227. The second kappa shape index (κ2) is 8.94. The van der Waals surface area contributed by atoms with Gasteiger partial charge in [0.15, 0.2) is 11.5 Å². The van der Waals surface area contributed by atoms with Gasteiger partial charge in [-0.1, -0.05) is 65.3 Å². The summed E-state index contributed by atoms with van der Waals surface area (Å²) in [6, 6.07) is 19.0. The summed E-state index contributed by atoms with van der Waals surface area (Å²) >= 11 is 0. The van der Waals surface area contributed by atoms with Crippen molar-refractivity contribution in [3.63, 3.8) is 0 Å². The van der Waals surface area contributed by atoms with E-state index in [0.29, 0.717) is 24.3 Å². The van der Waals surface area contributed by atoms with Crippen molar-refractivity contribution < 1.29 is 14.1 Å². The van der Waals surface area contributed by atoms with E-state index >= 15 is 0 Å². The normalized spacial score (nSPS) is 10.6. The molecule has 0 saturated heterocycles. The number of hydrogen-bond donors (Lipinski definition) is 1. The van der Waals surface area contributed by atoms with E-state index in [1.165, 1.54) is 0 Å². The Bertz CT molecular complexity index is 899. The smallest absolute Gasteiger partial charge is 0.220 e. The zero-order chi connectivity index (χ0) is 19.1. The standard InChI is InChI=1S/C22H22N2O3/c1-16-7-9-17(10-8-16)20(25)11-12-22(26)23-14-13-19-15-21(27-24-19)18-5-3-2-4-6-18/h2-10,15H,11-14H2,1H3,(H,23,26). The molecule has 0 fully saturated rings. The van der Waals surface area contributed by atoms with Gasteiger partial charge in [-0.05, 0) is 6.92 Å². The zero-order valence-electron chi connectivity index (χ0n) is 15.3. The summed E-state index contributed by atoms with van der Waals surface area (Å²) in [5.41, 5.74) is 3.50.